The highest BCUT2D eigenvalue weighted by Crippen LogP contribution is 2.31. The zero-order valence-electron chi connectivity index (χ0n) is 9.37. The van der Waals surface area contributed by atoms with Crippen LogP contribution in [0.25, 0.3) is 0 Å². The summed E-state index contributed by atoms with van der Waals surface area (Å²) in [6.45, 7) is 0.333. The molecule has 0 amide bonds. The summed E-state index contributed by atoms with van der Waals surface area (Å²) in [7, 11) is 1.80. The van der Waals surface area contributed by atoms with Crippen molar-refractivity contribution in [2.24, 2.45) is 7.05 Å². The second-order valence-corrected chi connectivity index (χ2v) is 4.34. The van der Waals surface area contributed by atoms with Crippen molar-refractivity contribution < 1.29 is 4.92 Å². The van der Waals surface area contributed by atoms with Gasteiger partial charge in [-0.25, -0.2) is 0 Å². The molecule has 0 radical (unpaired) electrons. The first kappa shape index (κ1) is 12.4. The predicted octanol–water partition coefficient (Wildman–Crippen LogP) is 1.49. The molecule has 9 heteroatoms. The van der Waals surface area contributed by atoms with Gasteiger partial charge in [-0.3, -0.25) is 15.1 Å². The first-order valence-corrected chi connectivity index (χ1v) is 5.73. The highest BCUT2D eigenvalue weighted by molar-refractivity contribution is 9.10. The topological polar surface area (TPSA) is 98.8 Å². The monoisotopic (exact) mass is 312 g/mol. The molecule has 0 spiro atoms. The van der Waals surface area contributed by atoms with E-state index in [-0.39, 0.29) is 5.69 Å². The van der Waals surface area contributed by atoms with Crippen LogP contribution in [0.1, 0.15) is 5.82 Å². The fourth-order valence-electron chi connectivity index (χ4n) is 1.37. The van der Waals surface area contributed by atoms with Crippen molar-refractivity contribution >= 4 is 27.3 Å². The molecular formula is C9H9BrN6O2. The van der Waals surface area contributed by atoms with Gasteiger partial charge in [0.1, 0.15) is 18.2 Å². The number of pyridine rings is 1. The third-order valence-corrected chi connectivity index (χ3v) is 2.91. The van der Waals surface area contributed by atoms with E-state index in [2.05, 4.69) is 36.4 Å². The molecule has 2 aromatic heterocycles. The van der Waals surface area contributed by atoms with Crippen LogP contribution < -0.4 is 5.32 Å². The SMILES string of the molecule is Cn1cnnc1CNc1c(Br)cncc1[N+](=O)[O-]. The van der Waals surface area contributed by atoms with E-state index in [1.54, 1.807) is 17.9 Å². The van der Waals surface area contributed by atoms with Crippen molar-refractivity contribution in [1.82, 2.24) is 19.7 Å². The van der Waals surface area contributed by atoms with Crippen molar-refractivity contribution in [1.29, 1.82) is 0 Å². The van der Waals surface area contributed by atoms with Gasteiger partial charge in [-0.1, -0.05) is 0 Å². The Kier molecular flexibility index (Phi) is 3.51. The van der Waals surface area contributed by atoms with E-state index in [4.69, 9.17) is 0 Å². The number of nitro groups is 1. The highest BCUT2D eigenvalue weighted by atomic mass is 79.9. The molecule has 18 heavy (non-hydrogen) atoms. The first-order chi connectivity index (χ1) is 8.59. The summed E-state index contributed by atoms with van der Waals surface area (Å²) in [5, 5.41) is 21.4. The largest absolute Gasteiger partial charge is 0.371 e. The minimum Gasteiger partial charge on any atom is -0.371 e. The molecule has 0 unspecified atom stereocenters. The third-order valence-electron chi connectivity index (χ3n) is 2.30. The number of anilines is 1. The number of hydrogen-bond acceptors (Lipinski definition) is 6. The van der Waals surface area contributed by atoms with Crippen molar-refractivity contribution in [2.75, 3.05) is 5.32 Å². The summed E-state index contributed by atoms with van der Waals surface area (Å²) in [6.07, 6.45) is 4.25. The fourth-order valence-corrected chi connectivity index (χ4v) is 1.83. The molecule has 8 nitrogen and oxygen atoms in total. The van der Waals surface area contributed by atoms with E-state index in [1.807, 2.05) is 0 Å². The van der Waals surface area contributed by atoms with E-state index in [1.165, 1.54) is 12.4 Å². The van der Waals surface area contributed by atoms with Gasteiger partial charge in [0.15, 0.2) is 5.82 Å². The van der Waals surface area contributed by atoms with Crippen molar-refractivity contribution in [3.8, 4) is 0 Å². The number of halogens is 1. The van der Waals surface area contributed by atoms with E-state index in [0.717, 1.165) is 0 Å². The number of aryl methyl sites for hydroxylation is 1. The van der Waals surface area contributed by atoms with Crippen molar-refractivity contribution in [3.63, 3.8) is 0 Å². The molecule has 94 valence electrons. The lowest BCUT2D eigenvalue weighted by atomic mass is 10.3. The minimum absolute atomic E-state index is 0.0912. The molecule has 2 aromatic rings. The van der Waals surface area contributed by atoms with Gasteiger partial charge < -0.3 is 9.88 Å². The Labute approximate surface area is 110 Å². The van der Waals surface area contributed by atoms with Crippen LogP contribution >= 0.6 is 15.9 Å². The average Bonchev–Trinajstić information content (AvgIpc) is 2.73. The van der Waals surface area contributed by atoms with Crippen molar-refractivity contribution in [2.45, 2.75) is 6.54 Å². The molecule has 1 N–H and O–H groups in total. The number of rotatable bonds is 4. The third kappa shape index (κ3) is 2.45. The Morgan fingerprint density at radius 1 is 1.56 bits per heavy atom. The van der Waals surface area contributed by atoms with Gasteiger partial charge in [0, 0.05) is 13.2 Å². The number of nitrogens with zero attached hydrogens (tertiary/aromatic N) is 5. The van der Waals surface area contributed by atoms with E-state index >= 15 is 0 Å². The minimum atomic E-state index is -0.489. The Morgan fingerprint density at radius 3 is 2.94 bits per heavy atom. The molecule has 0 aromatic carbocycles. The van der Waals surface area contributed by atoms with Crippen LogP contribution in [0.3, 0.4) is 0 Å². The smallest absolute Gasteiger partial charge is 0.311 e. The molecule has 2 rings (SSSR count). The maximum atomic E-state index is 10.9. The molecule has 0 atom stereocenters. The molecule has 0 aliphatic carbocycles. The first-order valence-electron chi connectivity index (χ1n) is 4.94. The van der Waals surface area contributed by atoms with E-state index in [9.17, 15) is 10.1 Å². The number of nitrogens with one attached hydrogen (secondary N) is 1. The standard InChI is InChI=1S/C9H9BrN6O2/c1-15-5-13-14-8(15)4-12-9-6(10)2-11-3-7(9)16(17)18/h2-3,5H,4H2,1H3,(H,11,12). The summed E-state index contributed by atoms with van der Waals surface area (Å²) < 4.78 is 2.26. The molecule has 0 aliphatic rings. The second kappa shape index (κ2) is 5.08. The Bertz CT molecular complexity index is 584. The summed E-state index contributed by atoms with van der Waals surface area (Å²) in [6, 6.07) is 0. The van der Waals surface area contributed by atoms with Crippen LogP contribution in [0.5, 0.6) is 0 Å². The molecule has 0 aliphatic heterocycles. The Balaban J connectivity index is 2.24. The van der Waals surface area contributed by atoms with Gasteiger partial charge in [-0.2, -0.15) is 0 Å². The van der Waals surface area contributed by atoms with Crippen LogP contribution in [0.2, 0.25) is 0 Å². The average molecular weight is 313 g/mol. The van der Waals surface area contributed by atoms with Gasteiger partial charge in [-0.05, 0) is 15.9 Å². The second-order valence-electron chi connectivity index (χ2n) is 3.48. The lowest BCUT2D eigenvalue weighted by Crippen LogP contribution is -2.08. The van der Waals surface area contributed by atoms with Crippen LogP contribution in [-0.2, 0) is 13.6 Å². The van der Waals surface area contributed by atoms with Crippen LogP contribution in [-0.4, -0.2) is 24.7 Å². The predicted molar refractivity (Wildman–Crippen MR) is 66.9 cm³/mol. The van der Waals surface area contributed by atoms with Gasteiger partial charge in [0.05, 0.1) is 15.9 Å². The molecule has 2 heterocycles. The van der Waals surface area contributed by atoms with Gasteiger partial charge in [0.25, 0.3) is 0 Å². The summed E-state index contributed by atoms with van der Waals surface area (Å²) in [5.74, 6) is 0.674. The number of hydrogen-bond donors (Lipinski definition) is 1. The zero-order chi connectivity index (χ0) is 13.1. The van der Waals surface area contributed by atoms with Crippen molar-refractivity contribution in [3.05, 3.63) is 39.1 Å². The fraction of sp³-hybridized carbons (Fsp3) is 0.222. The summed E-state index contributed by atoms with van der Waals surface area (Å²) in [4.78, 5) is 14.2. The molecular weight excluding hydrogens is 304 g/mol. The van der Waals surface area contributed by atoms with Crippen LogP contribution in [0.15, 0.2) is 23.2 Å². The highest BCUT2D eigenvalue weighted by Gasteiger charge is 2.17. The lowest BCUT2D eigenvalue weighted by Gasteiger charge is -2.07. The van der Waals surface area contributed by atoms with Crippen LogP contribution in [0.4, 0.5) is 11.4 Å². The quantitative estimate of drug-likeness (QED) is 0.678. The maximum absolute atomic E-state index is 10.9. The summed E-state index contributed by atoms with van der Waals surface area (Å²) in [5.41, 5.74) is 0.282. The molecule has 0 saturated carbocycles. The molecule has 0 bridgehead atoms. The zero-order valence-corrected chi connectivity index (χ0v) is 11.0. The summed E-state index contributed by atoms with van der Waals surface area (Å²) >= 11 is 3.23. The van der Waals surface area contributed by atoms with Gasteiger partial charge >= 0.3 is 5.69 Å². The van der Waals surface area contributed by atoms with E-state index < -0.39 is 4.92 Å². The molecule has 0 saturated heterocycles. The molecule has 0 fully saturated rings. The number of aromatic nitrogens is 4. The van der Waals surface area contributed by atoms with Crippen LogP contribution in [0, 0.1) is 10.1 Å². The normalized spacial score (nSPS) is 10.3. The maximum Gasteiger partial charge on any atom is 0.311 e. The van der Waals surface area contributed by atoms with Gasteiger partial charge in [0.2, 0.25) is 0 Å². The Morgan fingerprint density at radius 2 is 2.33 bits per heavy atom. The van der Waals surface area contributed by atoms with Gasteiger partial charge in [-0.15, -0.1) is 10.2 Å². The Hall–Kier alpha value is -2.03. The van der Waals surface area contributed by atoms with E-state index in [0.29, 0.717) is 22.5 Å². The lowest BCUT2D eigenvalue weighted by molar-refractivity contribution is -0.384.